The van der Waals surface area contributed by atoms with Crippen LogP contribution in [0.15, 0.2) is 82.0 Å². The van der Waals surface area contributed by atoms with Gasteiger partial charge in [-0.2, -0.15) is 0 Å². The molecule has 0 atom stereocenters. The van der Waals surface area contributed by atoms with Crippen molar-refractivity contribution in [2.75, 3.05) is 13.7 Å². The first-order valence-electron chi connectivity index (χ1n) is 10.2. The Hall–Kier alpha value is -4.53. The van der Waals surface area contributed by atoms with Crippen LogP contribution in [0, 0.1) is 15.9 Å². The van der Waals surface area contributed by atoms with Gasteiger partial charge in [-0.25, -0.2) is 9.18 Å². The van der Waals surface area contributed by atoms with Crippen LogP contribution in [0.1, 0.15) is 5.56 Å². The van der Waals surface area contributed by atoms with Crippen molar-refractivity contribution < 1.29 is 23.3 Å². The van der Waals surface area contributed by atoms with E-state index in [2.05, 4.69) is 0 Å². The molecule has 0 radical (unpaired) electrons. The minimum absolute atomic E-state index is 0.0548. The predicted molar refractivity (Wildman–Crippen MR) is 123 cm³/mol. The first-order chi connectivity index (χ1) is 16.3. The van der Waals surface area contributed by atoms with E-state index in [9.17, 15) is 24.1 Å². The minimum atomic E-state index is -0.590. The third-order valence-electron chi connectivity index (χ3n) is 5.23. The Balaban J connectivity index is 1.50. The quantitative estimate of drug-likeness (QED) is 0.227. The Morgan fingerprint density at radius 1 is 1.06 bits per heavy atom. The molecule has 1 amide bonds. The molecule has 0 aliphatic heterocycles. The fourth-order valence-corrected chi connectivity index (χ4v) is 3.44. The number of ether oxygens (including phenoxy) is 1. The number of fused-ring (bicyclic) bond motifs is 1. The highest BCUT2D eigenvalue weighted by Gasteiger charge is 2.13. The van der Waals surface area contributed by atoms with Crippen molar-refractivity contribution in [2.24, 2.45) is 0 Å². The zero-order chi connectivity index (χ0) is 24.2. The van der Waals surface area contributed by atoms with Crippen molar-refractivity contribution in [1.29, 1.82) is 0 Å². The van der Waals surface area contributed by atoms with E-state index in [-0.39, 0.29) is 29.6 Å². The number of halogens is 1. The Morgan fingerprint density at radius 3 is 2.44 bits per heavy atom. The Bertz CT molecular complexity index is 1410. The molecule has 0 aliphatic carbocycles. The summed E-state index contributed by atoms with van der Waals surface area (Å²) >= 11 is 0. The molecule has 172 valence electrons. The largest absolute Gasteiger partial charge is 0.484 e. The molecule has 0 spiro atoms. The van der Waals surface area contributed by atoms with E-state index in [4.69, 9.17) is 9.15 Å². The molecule has 34 heavy (non-hydrogen) atoms. The van der Waals surface area contributed by atoms with Crippen LogP contribution in [0.2, 0.25) is 0 Å². The van der Waals surface area contributed by atoms with Crippen LogP contribution < -0.4 is 10.4 Å². The molecule has 0 fully saturated rings. The third kappa shape index (κ3) is 5.09. The summed E-state index contributed by atoms with van der Waals surface area (Å²) in [5.41, 5.74) is 1.57. The lowest BCUT2D eigenvalue weighted by atomic mass is 10.0. The average Bonchev–Trinajstić information content (AvgIpc) is 2.83. The molecule has 0 bridgehead atoms. The van der Waals surface area contributed by atoms with Gasteiger partial charge in [-0.1, -0.05) is 12.1 Å². The molecule has 3 aromatic carbocycles. The molecule has 0 N–H and O–H groups in total. The van der Waals surface area contributed by atoms with Gasteiger partial charge in [0.25, 0.3) is 11.6 Å². The number of nitro benzene ring substituents is 1. The summed E-state index contributed by atoms with van der Waals surface area (Å²) in [6.45, 7) is 0.0587. The predicted octanol–water partition coefficient (Wildman–Crippen LogP) is 4.54. The number of non-ortho nitro benzene ring substituents is 1. The molecule has 1 aromatic heterocycles. The zero-order valence-corrected chi connectivity index (χ0v) is 18.1. The summed E-state index contributed by atoms with van der Waals surface area (Å²) in [5.74, 6) is -0.300. The molecule has 0 saturated heterocycles. The van der Waals surface area contributed by atoms with Crippen molar-refractivity contribution in [3.05, 3.63) is 105 Å². The van der Waals surface area contributed by atoms with Crippen LogP contribution in [0.25, 0.3) is 22.1 Å². The summed E-state index contributed by atoms with van der Waals surface area (Å²) < 4.78 is 23.9. The average molecular weight is 462 g/mol. The van der Waals surface area contributed by atoms with Crippen LogP contribution in [-0.4, -0.2) is 29.4 Å². The Morgan fingerprint density at radius 2 is 1.76 bits per heavy atom. The topological polar surface area (TPSA) is 103 Å². The van der Waals surface area contributed by atoms with Crippen molar-refractivity contribution >= 4 is 22.6 Å². The monoisotopic (exact) mass is 462 g/mol. The van der Waals surface area contributed by atoms with Gasteiger partial charge in [-0.3, -0.25) is 14.9 Å². The van der Waals surface area contributed by atoms with E-state index >= 15 is 0 Å². The lowest BCUT2D eigenvalue weighted by molar-refractivity contribution is -0.384. The lowest BCUT2D eigenvalue weighted by Crippen LogP contribution is -2.30. The summed E-state index contributed by atoms with van der Waals surface area (Å²) in [6, 6.07) is 17.9. The standard InChI is InChI=1S/C25H19FN2O6/c1-27(14-16-2-6-18(26)7-3-16)24(29)15-33-20-10-11-21-22(13-25(30)34-23(21)12-20)17-4-8-19(9-5-17)28(31)32/h2-13H,14-15H2,1H3. The normalized spacial score (nSPS) is 10.8. The van der Waals surface area contributed by atoms with Gasteiger partial charge in [0.1, 0.15) is 17.1 Å². The number of hydrogen-bond acceptors (Lipinski definition) is 6. The summed E-state index contributed by atoms with van der Waals surface area (Å²) in [7, 11) is 1.62. The second-order valence-corrected chi connectivity index (χ2v) is 7.61. The van der Waals surface area contributed by atoms with E-state index in [1.165, 1.54) is 41.3 Å². The maximum atomic E-state index is 13.0. The number of amides is 1. The zero-order valence-electron chi connectivity index (χ0n) is 18.1. The number of nitrogens with zero attached hydrogens (tertiary/aromatic N) is 2. The Kier molecular flexibility index (Phi) is 6.35. The van der Waals surface area contributed by atoms with Gasteiger partial charge in [0.2, 0.25) is 0 Å². The van der Waals surface area contributed by atoms with Gasteiger partial charge in [0.15, 0.2) is 6.61 Å². The maximum Gasteiger partial charge on any atom is 0.336 e. The van der Waals surface area contributed by atoms with Crippen LogP contribution in [0.5, 0.6) is 5.75 Å². The fourth-order valence-electron chi connectivity index (χ4n) is 3.44. The molecule has 4 rings (SSSR count). The van der Waals surface area contributed by atoms with Crippen LogP contribution in [0.4, 0.5) is 10.1 Å². The summed E-state index contributed by atoms with van der Waals surface area (Å²) in [6.07, 6.45) is 0. The number of rotatable bonds is 7. The van der Waals surface area contributed by atoms with Crippen molar-refractivity contribution in [3.8, 4) is 16.9 Å². The minimum Gasteiger partial charge on any atom is -0.484 e. The molecule has 4 aromatic rings. The van der Waals surface area contributed by atoms with Crippen molar-refractivity contribution in [2.45, 2.75) is 6.54 Å². The number of benzene rings is 3. The van der Waals surface area contributed by atoms with Gasteiger partial charge in [-0.05, 0) is 53.1 Å². The van der Waals surface area contributed by atoms with E-state index < -0.39 is 10.5 Å². The van der Waals surface area contributed by atoms with Crippen LogP contribution in [0.3, 0.4) is 0 Å². The highest BCUT2D eigenvalue weighted by Crippen LogP contribution is 2.30. The van der Waals surface area contributed by atoms with Crippen LogP contribution in [-0.2, 0) is 11.3 Å². The molecule has 0 unspecified atom stereocenters. The van der Waals surface area contributed by atoms with E-state index in [0.717, 1.165) is 5.56 Å². The molecular weight excluding hydrogens is 443 g/mol. The molecule has 0 saturated carbocycles. The summed E-state index contributed by atoms with van der Waals surface area (Å²) in [5, 5.41) is 11.5. The van der Waals surface area contributed by atoms with Gasteiger partial charge >= 0.3 is 5.63 Å². The van der Waals surface area contributed by atoms with Crippen molar-refractivity contribution in [1.82, 2.24) is 4.90 Å². The van der Waals surface area contributed by atoms with E-state index in [1.807, 2.05) is 0 Å². The number of carbonyl (C=O) groups is 1. The van der Waals surface area contributed by atoms with E-state index in [1.54, 1.807) is 43.4 Å². The molecule has 8 nitrogen and oxygen atoms in total. The Labute approximate surface area is 193 Å². The lowest BCUT2D eigenvalue weighted by Gasteiger charge is -2.17. The van der Waals surface area contributed by atoms with Crippen molar-refractivity contribution in [3.63, 3.8) is 0 Å². The van der Waals surface area contributed by atoms with Gasteiger partial charge in [0, 0.05) is 43.2 Å². The molecule has 1 heterocycles. The number of likely N-dealkylation sites (N-methyl/N-ethyl adjacent to an activating group) is 1. The molecule has 9 heteroatoms. The smallest absolute Gasteiger partial charge is 0.336 e. The highest BCUT2D eigenvalue weighted by molar-refractivity contribution is 5.94. The first-order valence-corrected chi connectivity index (χ1v) is 10.2. The molecule has 0 aliphatic rings. The number of hydrogen-bond donors (Lipinski definition) is 0. The SMILES string of the molecule is CN(Cc1ccc(F)cc1)C(=O)COc1ccc2c(-c3ccc([N+](=O)[O-])cc3)cc(=O)oc2c1. The number of carbonyl (C=O) groups excluding carboxylic acids is 1. The third-order valence-corrected chi connectivity index (χ3v) is 5.23. The van der Waals surface area contributed by atoms with E-state index in [0.29, 0.717) is 28.8 Å². The second kappa shape index (κ2) is 9.53. The van der Waals surface area contributed by atoms with Crippen LogP contribution >= 0.6 is 0 Å². The van der Waals surface area contributed by atoms with Gasteiger partial charge in [-0.15, -0.1) is 0 Å². The van der Waals surface area contributed by atoms with Gasteiger partial charge < -0.3 is 14.1 Å². The first kappa shape index (κ1) is 22.7. The van der Waals surface area contributed by atoms with Gasteiger partial charge in [0.05, 0.1) is 4.92 Å². The second-order valence-electron chi connectivity index (χ2n) is 7.61. The highest BCUT2D eigenvalue weighted by atomic mass is 19.1. The maximum absolute atomic E-state index is 13.0. The summed E-state index contributed by atoms with van der Waals surface area (Å²) in [4.78, 5) is 36.4. The molecular formula is C25H19FN2O6. The number of nitro groups is 1. The fraction of sp³-hybridized carbons (Fsp3) is 0.120.